The van der Waals surface area contributed by atoms with Crippen molar-refractivity contribution in [1.29, 1.82) is 0 Å². The largest absolute Gasteiger partial charge is 0.477 e. The van der Waals surface area contributed by atoms with Gasteiger partial charge in [0.25, 0.3) is 5.56 Å². The number of fused-ring (bicyclic) bond motifs is 1. The summed E-state index contributed by atoms with van der Waals surface area (Å²) < 4.78 is 3.03. The summed E-state index contributed by atoms with van der Waals surface area (Å²) in [5, 5.41) is 17.1. The lowest BCUT2D eigenvalue weighted by atomic mass is 10.2. The van der Waals surface area contributed by atoms with E-state index < -0.39 is 12.0 Å². The number of nitrogen functional groups attached to an aromatic ring is 1. The number of carboxylic acids is 1. The molecule has 30 heavy (non-hydrogen) atoms. The lowest BCUT2D eigenvalue weighted by Crippen LogP contribution is -2.30. The van der Waals surface area contributed by atoms with E-state index in [1.165, 1.54) is 15.4 Å². The SMILES string of the molecule is Cc1ccn2nc([C@H](C)Nc3ncnc(N)c3C(=O)O)n(-c3ccccc3)c(=O)c12. The Morgan fingerprint density at radius 2 is 1.93 bits per heavy atom. The molecule has 3 aromatic heterocycles. The van der Waals surface area contributed by atoms with Crippen molar-refractivity contribution >= 4 is 23.1 Å². The van der Waals surface area contributed by atoms with Crippen molar-refractivity contribution < 1.29 is 9.90 Å². The molecule has 1 aromatic carbocycles. The molecular weight excluding hydrogens is 386 g/mol. The molecule has 10 heteroatoms. The molecule has 4 rings (SSSR count). The maximum absolute atomic E-state index is 13.4. The first-order valence-corrected chi connectivity index (χ1v) is 9.15. The summed E-state index contributed by atoms with van der Waals surface area (Å²) >= 11 is 0. The van der Waals surface area contributed by atoms with Gasteiger partial charge in [0.1, 0.15) is 29.0 Å². The number of para-hydroxylation sites is 1. The van der Waals surface area contributed by atoms with Gasteiger partial charge in [-0.1, -0.05) is 18.2 Å². The van der Waals surface area contributed by atoms with Crippen LogP contribution in [0, 0.1) is 6.92 Å². The van der Waals surface area contributed by atoms with Crippen molar-refractivity contribution in [1.82, 2.24) is 24.1 Å². The molecule has 0 radical (unpaired) electrons. The quantitative estimate of drug-likeness (QED) is 0.458. The summed E-state index contributed by atoms with van der Waals surface area (Å²) in [5.41, 5.74) is 7.15. The Hall–Kier alpha value is -4.21. The molecule has 0 spiro atoms. The van der Waals surface area contributed by atoms with Crippen molar-refractivity contribution in [2.45, 2.75) is 19.9 Å². The van der Waals surface area contributed by atoms with Gasteiger partial charge < -0.3 is 16.2 Å². The minimum atomic E-state index is -1.26. The highest BCUT2D eigenvalue weighted by Gasteiger charge is 2.23. The van der Waals surface area contributed by atoms with Crippen LogP contribution >= 0.6 is 0 Å². The predicted octanol–water partition coefficient (Wildman–Crippen LogP) is 2.04. The number of aromatic nitrogens is 5. The third-order valence-corrected chi connectivity index (χ3v) is 4.76. The fourth-order valence-corrected chi connectivity index (χ4v) is 3.33. The number of anilines is 2. The van der Waals surface area contributed by atoms with E-state index in [9.17, 15) is 14.7 Å². The number of nitrogens with two attached hydrogens (primary N) is 1. The normalized spacial score (nSPS) is 12.1. The van der Waals surface area contributed by atoms with Crippen LogP contribution in [-0.2, 0) is 0 Å². The Balaban J connectivity index is 1.90. The molecule has 152 valence electrons. The molecule has 0 unspecified atom stereocenters. The Morgan fingerprint density at radius 1 is 1.20 bits per heavy atom. The molecule has 0 saturated heterocycles. The van der Waals surface area contributed by atoms with Crippen LogP contribution in [0.15, 0.2) is 53.7 Å². The average Bonchev–Trinajstić information content (AvgIpc) is 3.09. The zero-order valence-electron chi connectivity index (χ0n) is 16.3. The van der Waals surface area contributed by atoms with E-state index in [4.69, 9.17) is 5.73 Å². The second-order valence-corrected chi connectivity index (χ2v) is 6.78. The van der Waals surface area contributed by atoms with Gasteiger partial charge in [0.05, 0.1) is 11.7 Å². The molecule has 0 aliphatic carbocycles. The highest BCUT2D eigenvalue weighted by atomic mass is 16.4. The highest BCUT2D eigenvalue weighted by Crippen LogP contribution is 2.23. The number of hydrogen-bond acceptors (Lipinski definition) is 7. The number of hydrogen-bond donors (Lipinski definition) is 3. The lowest BCUT2D eigenvalue weighted by Gasteiger charge is -2.20. The van der Waals surface area contributed by atoms with Gasteiger partial charge in [-0.2, -0.15) is 5.10 Å². The molecule has 0 aliphatic heterocycles. The third-order valence-electron chi connectivity index (χ3n) is 4.76. The second-order valence-electron chi connectivity index (χ2n) is 6.78. The summed E-state index contributed by atoms with van der Waals surface area (Å²) in [5.74, 6) is -0.993. The molecule has 0 amide bonds. The molecule has 10 nitrogen and oxygen atoms in total. The topological polar surface area (TPSA) is 140 Å². The van der Waals surface area contributed by atoms with Crippen LogP contribution in [0.4, 0.5) is 11.6 Å². The second kappa shape index (κ2) is 7.32. The number of aryl methyl sites for hydroxylation is 1. The molecule has 1 atom stereocenters. The first-order chi connectivity index (χ1) is 14.4. The van der Waals surface area contributed by atoms with Gasteiger partial charge in [0, 0.05) is 6.20 Å². The summed E-state index contributed by atoms with van der Waals surface area (Å²) in [7, 11) is 0. The monoisotopic (exact) mass is 405 g/mol. The Labute approximate surface area is 170 Å². The van der Waals surface area contributed by atoms with Gasteiger partial charge in [-0.3, -0.25) is 9.36 Å². The number of carbonyl (C=O) groups is 1. The summed E-state index contributed by atoms with van der Waals surface area (Å²) in [4.78, 5) is 32.7. The zero-order chi connectivity index (χ0) is 21.4. The Bertz CT molecular complexity index is 1310. The number of nitrogens with one attached hydrogen (secondary N) is 1. The summed E-state index contributed by atoms with van der Waals surface area (Å²) in [6.07, 6.45) is 2.88. The van der Waals surface area contributed by atoms with Crippen molar-refractivity contribution in [3.05, 3.63) is 76.2 Å². The zero-order valence-corrected chi connectivity index (χ0v) is 16.3. The van der Waals surface area contributed by atoms with E-state index >= 15 is 0 Å². The van der Waals surface area contributed by atoms with Crippen LogP contribution in [0.5, 0.6) is 0 Å². The fourth-order valence-electron chi connectivity index (χ4n) is 3.33. The molecule has 4 N–H and O–H groups in total. The molecule has 0 fully saturated rings. The van der Waals surface area contributed by atoms with Crippen molar-refractivity contribution in [3.8, 4) is 5.69 Å². The van der Waals surface area contributed by atoms with Crippen LogP contribution in [0.1, 0.15) is 34.7 Å². The number of nitrogens with zero attached hydrogens (tertiary/aromatic N) is 5. The molecule has 0 aliphatic rings. The molecular formula is C20H19N7O3. The maximum Gasteiger partial charge on any atom is 0.343 e. The average molecular weight is 405 g/mol. The number of benzene rings is 1. The summed E-state index contributed by atoms with van der Waals surface area (Å²) in [6.45, 7) is 3.60. The van der Waals surface area contributed by atoms with E-state index in [-0.39, 0.29) is 22.8 Å². The van der Waals surface area contributed by atoms with E-state index in [2.05, 4.69) is 20.4 Å². The van der Waals surface area contributed by atoms with Gasteiger partial charge in [-0.25, -0.2) is 19.3 Å². The van der Waals surface area contributed by atoms with Gasteiger partial charge in [0.2, 0.25) is 0 Å². The van der Waals surface area contributed by atoms with Crippen LogP contribution in [0.25, 0.3) is 11.2 Å². The van der Waals surface area contributed by atoms with Crippen molar-refractivity contribution in [2.24, 2.45) is 0 Å². The maximum atomic E-state index is 13.4. The van der Waals surface area contributed by atoms with Crippen LogP contribution in [0.3, 0.4) is 0 Å². The van der Waals surface area contributed by atoms with Gasteiger partial charge >= 0.3 is 5.97 Å². The number of rotatable bonds is 5. The van der Waals surface area contributed by atoms with Gasteiger partial charge in [-0.05, 0) is 37.6 Å². The van der Waals surface area contributed by atoms with Crippen LogP contribution < -0.4 is 16.6 Å². The van der Waals surface area contributed by atoms with Gasteiger partial charge in [-0.15, -0.1) is 0 Å². The van der Waals surface area contributed by atoms with E-state index in [1.54, 1.807) is 25.3 Å². The van der Waals surface area contributed by atoms with Crippen molar-refractivity contribution in [3.63, 3.8) is 0 Å². The smallest absolute Gasteiger partial charge is 0.343 e. The lowest BCUT2D eigenvalue weighted by molar-refractivity contribution is 0.0698. The number of aromatic carboxylic acids is 1. The molecule has 0 bridgehead atoms. The van der Waals surface area contributed by atoms with Crippen LogP contribution in [0.2, 0.25) is 0 Å². The molecule has 3 heterocycles. The van der Waals surface area contributed by atoms with Gasteiger partial charge in [0.15, 0.2) is 5.82 Å². The predicted molar refractivity (Wildman–Crippen MR) is 111 cm³/mol. The minimum Gasteiger partial charge on any atom is -0.477 e. The van der Waals surface area contributed by atoms with E-state index in [1.807, 2.05) is 31.2 Å². The van der Waals surface area contributed by atoms with E-state index in [0.29, 0.717) is 17.0 Å². The third kappa shape index (κ3) is 3.13. The number of carboxylic acid groups (broad SMARTS) is 1. The van der Waals surface area contributed by atoms with Crippen LogP contribution in [-0.4, -0.2) is 35.2 Å². The fraction of sp³-hybridized carbons (Fsp3) is 0.150. The highest BCUT2D eigenvalue weighted by molar-refractivity contribution is 5.97. The standard InChI is InChI=1S/C20H19N7O3/c1-11-8-9-26-15(11)19(28)27(13-6-4-3-5-7-13)18(25-26)12(2)24-17-14(20(29)30)16(21)22-10-23-17/h3-10,12H,1-2H3,(H,29,30)(H3,21,22,23,24)/t12-/m0/s1. The Morgan fingerprint density at radius 3 is 2.63 bits per heavy atom. The Kier molecular flexibility index (Phi) is 4.66. The van der Waals surface area contributed by atoms with E-state index in [0.717, 1.165) is 5.56 Å². The van der Waals surface area contributed by atoms with Crippen molar-refractivity contribution in [2.75, 3.05) is 11.1 Å². The molecule has 0 saturated carbocycles. The first kappa shape index (κ1) is 19.1. The minimum absolute atomic E-state index is 0.0418. The molecule has 4 aromatic rings. The first-order valence-electron chi connectivity index (χ1n) is 9.15. The summed E-state index contributed by atoms with van der Waals surface area (Å²) in [6, 6.07) is 10.3.